The molecule has 0 amide bonds. The number of methoxy groups -OCH3 is 1. The van der Waals surface area contributed by atoms with Crippen molar-refractivity contribution in [1.82, 2.24) is 4.57 Å². The SMILES string of the molecule is COc1ccc2cc(C=O)n(C(C)C)c2c1. The first-order chi connectivity index (χ1) is 7.67. The van der Waals surface area contributed by atoms with Gasteiger partial charge in [0.25, 0.3) is 0 Å². The van der Waals surface area contributed by atoms with Gasteiger partial charge in [-0.15, -0.1) is 0 Å². The van der Waals surface area contributed by atoms with Gasteiger partial charge in [0.2, 0.25) is 0 Å². The summed E-state index contributed by atoms with van der Waals surface area (Å²) in [6.07, 6.45) is 0.895. The van der Waals surface area contributed by atoms with Crippen LogP contribution in [-0.4, -0.2) is 18.0 Å². The molecular weight excluding hydrogens is 202 g/mol. The quantitative estimate of drug-likeness (QED) is 0.740. The lowest BCUT2D eigenvalue weighted by atomic mass is 10.2. The molecule has 0 saturated heterocycles. The van der Waals surface area contributed by atoms with E-state index in [-0.39, 0.29) is 6.04 Å². The Bertz CT molecular complexity index is 526. The number of nitrogens with zero attached hydrogens (tertiary/aromatic N) is 1. The molecule has 16 heavy (non-hydrogen) atoms. The van der Waals surface area contributed by atoms with Gasteiger partial charge in [-0.1, -0.05) is 0 Å². The number of carbonyl (C=O) groups excluding carboxylic acids is 1. The molecule has 84 valence electrons. The van der Waals surface area contributed by atoms with Crippen molar-refractivity contribution in [2.45, 2.75) is 19.9 Å². The minimum absolute atomic E-state index is 0.254. The molecule has 1 aromatic heterocycles. The van der Waals surface area contributed by atoms with Crippen LogP contribution in [0.1, 0.15) is 30.4 Å². The van der Waals surface area contributed by atoms with E-state index in [4.69, 9.17) is 4.74 Å². The predicted molar refractivity (Wildman–Crippen MR) is 64.3 cm³/mol. The molecule has 0 N–H and O–H groups in total. The van der Waals surface area contributed by atoms with Crippen LogP contribution in [-0.2, 0) is 0 Å². The van der Waals surface area contributed by atoms with Crippen LogP contribution in [0, 0.1) is 0 Å². The summed E-state index contributed by atoms with van der Waals surface area (Å²) in [5.41, 5.74) is 1.75. The molecule has 0 saturated carbocycles. The molecule has 3 nitrogen and oxygen atoms in total. The molecule has 1 aromatic carbocycles. The number of benzene rings is 1. The van der Waals surface area contributed by atoms with E-state index in [0.717, 1.165) is 22.9 Å². The highest BCUT2D eigenvalue weighted by molar-refractivity contribution is 5.89. The number of fused-ring (bicyclic) bond motifs is 1. The molecule has 0 atom stereocenters. The van der Waals surface area contributed by atoms with Gasteiger partial charge in [0, 0.05) is 17.5 Å². The molecule has 0 radical (unpaired) electrons. The Hall–Kier alpha value is -1.77. The fourth-order valence-electron chi connectivity index (χ4n) is 2.02. The first kappa shape index (κ1) is 10.7. The highest BCUT2D eigenvalue weighted by Gasteiger charge is 2.11. The zero-order chi connectivity index (χ0) is 11.7. The highest BCUT2D eigenvalue weighted by Crippen LogP contribution is 2.26. The van der Waals surface area contributed by atoms with Crippen molar-refractivity contribution >= 4 is 17.2 Å². The fraction of sp³-hybridized carbons (Fsp3) is 0.308. The van der Waals surface area contributed by atoms with Crippen LogP contribution < -0.4 is 4.74 Å². The van der Waals surface area contributed by atoms with Crippen LogP contribution in [0.25, 0.3) is 10.9 Å². The first-order valence-corrected chi connectivity index (χ1v) is 5.31. The van der Waals surface area contributed by atoms with Gasteiger partial charge in [-0.05, 0) is 32.0 Å². The molecule has 2 rings (SSSR count). The third kappa shape index (κ3) is 1.58. The average molecular weight is 217 g/mol. The highest BCUT2D eigenvalue weighted by atomic mass is 16.5. The number of ether oxygens (including phenoxy) is 1. The molecule has 0 aliphatic rings. The summed E-state index contributed by atoms with van der Waals surface area (Å²) in [7, 11) is 1.64. The fourth-order valence-corrected chi connectivity index (χ4v) is 2.02. The molecular formula is C13H15NO2. The lowest BCUT2D eigenvalue weighted by molar-refractivity contribution is 0.111. The summed E-state index contributed by atoms with van der Waals surface area (Å²) in [5.74, 6) is 0.810. The normalized spacial score (nSPS) is 11.0. The zero-order valence-electron chi connectivity index (χ0n) is 9.73. The molecule has 0 fully saturated rings. The third-order valence-corrected chi connectivity index (χ3v) is 2.72. The van der Waals surface area contributed by atoms with Gasteiger partial charge in [0.05, 0.1) is 18.3 Å². The number of aromatic nitrogens is 1. The standard InChI is InChI=1S/C13H15NO2/c1-9(2)14-11(8-15)6-10-4-5-12(16-3)7-13(10)14/h4-9H,1-3H3. The third-order valence-electron chi connectivity index (χ3n) is 2.72. The number of carbonyl (C=O) groups is 1. The average Bonchev–Trinajstić information content (AvgIpc) is 2.65. The van der Waals surface area contributed by atoms with Crippen molar-refractivity contribution < 1.29 is 9.53 Å². The molecule has 0 spiro atoms. The molecule has 0 unspecified atom stereocenters. The zero-order valence-corrected chi connectivity index (χ0v) is 9.73. The summed E-state index contributed by atoms with van der Waals surface area (Å²) in [5, 5.41) is 1.07. The lowest BCUT2D eigenvalue weighted by Gasteiger charge is -2.12. The van der Waals surface area contributed by atoms with Crippen LogP contribution in [0.15, 0.2) is 24.3 Å². The number of rotatable bonds is 3. The number of hydrogen-bond acceptors (Lipinski definition) is 2. The van der Waals surface area contributed by atoms with E-state index in [2.05, 4.69) is 13.8 Å². The van der Waals surface area contributed by atoms with Crippen molar-refractivity contribution in [2.75, 3.05) is 7.11 Å². The van der Waals surface area contributed by atoms with Crippen LogP contribution >= 0.6 is 0 Å². The van der Waals surface area contributed by atoms with Crippen molar-refractivity contribution in [3.8, 4) is 5.75 Å². The smallest absolute Gasteiger partial charge is 0.166 e. The van der Waals surface area contributed by atoms with Crippen molar-refractivity contribution in [2.24, 2.45) is 0 Å². The van der Waals surface area contributed by atoms with Gasteiger partial charge in [0.1, 0.15) is 5.75 Å². The minimum atomic E-state index is 0.254. The van der Waals surface area contributed by atoms with Crippen molar-refractivity contribution in [3.63, 3.8) is 0 Å². The predicted octanol–water partition coefficient (Wildman–Crippen LogP) is 3.04. The van der Waals surface area contributed by atoms with E-state index in [9.17, 15) is 4.79 Å². The summed E-state index contributed by atoms with van der Waals surface area (Å²) in [4.78, 5) is 11.0. The summed E-state index contributed by atoms with van der Waals surface area (Å²) >= 11 is 0. The van der Waals surface area contributed by atoms with Gasteiger partial charge in [-0.2, -0.15) is 0 Å². The Morgan fingerprint density at radius 3 is 2.62 bits per heavy atom. The Kier molecular flexibility index (Phi) is 2.69. The van der Waals surface area contributed by atoms with E-state index < -0.39 is 0 Å². The van der Waals surface area contributed by atoms with Crippen molar-refractivity contribution in [3.05, 3.63) is 30.0 Å². The van der Waals surface area contributed by atoms with Gasteiger partial charge in [-0.3, -0.25) is 4.79 Å². The second-order valence-electron chi connectivity index (χ2n) is 4.08. The van der Waals surface area contributed by atoms with Crippen LogP contribution in [0.4, 0.5) is 0 Å². The van der Waals surface area contributed by atoms with E-state index in [1.807, 2.05) is 28.8 Å². The van der Waals surface area contributed by atoms with E-state index in [0.29, 0.717) is 5.69 Å². The topological polar surface area (TPSA) is 31.2 Å². The van der Waals surface area contributed by atoms with Crippen LogP contribution in [0.2, 0.25) is 0 Å². The van der Waals surface area contributed by atoms with E-state index in [1.54, 1.807) is 7.11 Å². The Morgan fingerprint density at radius 2 is 2.06 bits per heavy atom. The number of aldehydes is 1. The van der Waals surface area contributed by atoms with Gasteiger partial charge in [0.15, 0.2) is 6.29 Å². The largest absolute Gasteiger partial charge is 0.497 e. The van der Waals surface area contributed by atoms with E-state index >= 15 is 0 Å². The second-order valence-corrected chi connectivity index (χ2v) is 4.08. The Labute approximate surface area is 94.6 Å². The number of hydrogen-bond donors (Lipinski definition) is 0. The first-order valence-electron chi connectivity index (χ1n) is 5.31. The van der Waals surface area contributed by atoms with Gasteiger partial charge < -0.3 is 9.30 Å². The maximum Gasteiger partial charge on any atom is 0.166 e. The van der Waals surface area contributed by atoms with Crippen molar-refractivity contribution in [1.29, 1.82) is 0 Å². The summed E-state index contributed by atoms with van der Waals surface area (Å²) in [6, 6.07) is 8.00. The Morgan fingerprint density at radius 1 is 1.31 bits per heavy atom. The summed E-state index contributed by atoms with van der Waals surface area (Å²) < 4.78 is 7.22. The maximum absolute atomic E-state index is 11.0. The maximum atomic E-state index is 11.0. The molecule has 1 heterocycles. The molecule has 0 bridgehead atoms. The second kappa shape index (κ2) is 4.00. The van der Waals surface area contributed by atoms with Crippen LogP contribution in [0.5, 0.6) is 5.75 Å². The molecule has 3 heteroatoms. The Balaban J connectivity index is 2.75. The lowest BCUT2D eigenvalue weighted by Crippen LogP contribution is -2.04. The van der Waals surface area contributed by atoms with Crippen LogP contribution in [0.3, 0.4) is 0 Å². The van der Waals surface area contributed by atoms with E-state index in [1.165, 1.54) is 0 Å². The molecule has 0 aliphatic heterocycles. The monoisotopic (exact) mass is 217 g/mol. The minimum Gasteiger partial charge on any atom is -0.497 e. The summed E-state index contributed by atoms with van der Waals surface area (Å²) in [6.45, 7) is 4.12. The molecule has 0 aliphatic carbocycles. The van der Waals surface area contributed by atoms with Gasteiger partial charge in [-0.25, -0.2) is 0 Å². The molecule has 2 aromatic rings. The van der Waals surface area contributed by atoms with Gasteiger partial charge >= 0.3 is 0 Å².